The molecule has 5 heteroatoms. The summed E-state index contributed by atoms with van der Waals surface area (Å²) in [7, 11) is 0. The Bertz CT molecular complexity index is 513. The predicted molar refractivity (Wildman–Crippen MR) is 84.3 cm³/mol. The molecule has 0 aliphatic heterocycles. The van der Waals surface area contributed by atoms with Crippen molar-refractivity contribution in [1.82, 2.24) is 4.90 Å². The van der Waals surface area contributed by atoms with Crippen molar-refractivity contribution >= 4 is 29.1 Å². The van der Waals surface area contributed by atoms with Crippen molar-refractivity contribution in [3.8, 4) is 0 Å². The van der Waals surface area contributed by atoms with Gasteiger partial charge < -0.3 is 10.2 Å². The van der Waals surface area contributed by atoms with Crippen LogP contribution in [0.2, 0.25) is 5.02 Å². The summed E-state index contributed by atoms with van der Waals surface area (Å²) in [6.07, 6.45) is 5.46. The highest BCUT2D eigenvalue weighted by Crippen LogP contribution is 2.23. The zero-order chi connectivity index (χ0) is 15.2. The van der Waals surface area contributed by atoms with E-state index < -0.39 is 0 Å². The number of carbonyl (C=O) groups is 2. The molecule has 21 heavy (non-hydrogen) atoms. The number of nitrogens with one attached hydrogen (secondary N) is 1. The summed E-state index contributed by atoms with van der Waals surface area (Å²) in [5.41, 5.74) is 0.652. The molecule has 0 heterocycles. The molecule has 1 aliphatic carbocycles. The molecule has 1 aliphatic rings. The van der Waals surface area contributed by atoms with E-state index in [1.807, 2.05) is 0 Å². The van der Waals surface area contributed by atoms with Crippen LogP contribution >= 0.6 is 11.6 Å². The predicted octanol–water partition coefficient (Wildman–Crippen LogP) is 3.46. The van der Waals surface area contributed by atoms with Gasteiger partial charge in [-0.2, -0.15) is 0 Å². The first-order valence-corrected chi connectivity index (χ1v) is 7.76. The molecule has 0 spiro atoms. The second-order valence-corrected chi connectivity index (χ2v) is 5.93. The average Bonchev–Trinajstić information content (AvgIpc) is 2.45. The first-order valence-electron chi connectivity index (χ1n) is 7.39. The molecule has 4 nitrogen and oxygen atoms in total. The lowest BCUT2D eigenvalue weighted by molar-refractivity contribution is -0.135. The van der Waals surface area contributed by atoms with Crippen molar-refractivity contribution in [1.29, 1.82) is 0 Å². The van der Waals surface area contributed by atoms with Gasteiger partial charge in [-0.1, -0.05) is 36.9 Å². The van der Waals surface area contributed by atoms with Gasteiger partial charge in [-0.15, -0.1) is 0 Å². The Kier molecular flexibility index (Phi) is 5.62. The second kappa shape index (κ2) is 7.46. The Morgan fingerprint density at radius 1 is 1.29 bits per heavy atom. The van der Waals surface area contributed by atoms with Crippen LogP contribution in [0, 0.1) is 0 Å². The van der Waals surface area contributed by atoms with E-state index in [9.17, 15) is 9.59 Å². The molecule has 1 aromatic carbocycles. The highest BCUT2D eigenvalue weighted by atomic mass is 35.5. The van der Waals surface area contributed by atoms with Gasteiger partial charge in [0.2, 0.25) is 11.8 Å². The normalized spacial score (nSPS) is 15.5. The molecular formula is C16H21ClN2O2. The van der Waals surface area contributed by atoms with Crippen molar-refractivity contribution in [2.75, 3.05) is 11.9 Å². The maximum Gasteiger partial charge on any atom is 0.244 e. The highest BCUT2D eigenvalue weighted by molar-refractivity contribution is 6.30. The van der Waals surface area contributed by atoms with Gasteiger partial charge in [0.1, 0.15) is 6.54 Å². The lowest BCUT2D eigenvalue weighted by atomic mass is 9.94. The van der Waals surface area contributed by atoms with Gasteiger partial charge in [0.05, 0.1) is 0 Å². The molecule has 0 unspecified atom stereocenters. The molecule has 1 N–H and O–H groups in total. The summed E-state index contributed by atoms with van der Waals surface area (Å²) in [5.74, 6) is -0.221. The third kappa shape index (κ3) is 4.74. The number of benzene rings is 1. The summed E-state index contributed by atoms with van der Waals surface area (Å²) >= 11 is 5.89. The van der Waals surface area contributed by atoms with Crippen LogP contribution in [0.4, 0.5) is 5.69 Å². The fourth-order valence-corrected chi connectivity index (χ4v) is 3.00. The van der Waals surface area contributed by atoms with E-state index in [4.69, 9.17) is 11.6 Å². The molecule has 0 atom stereocenters. The first kappa shape index (κ1) is 15.8. The van der Waals surface area contributed by atoms with Crippen molar-refractivity contribution in [3.05, 3.63) is 29.3 Å². The molecule has 2 rings (SSSR count). The number of carbonyl (C=O) groups excluding carboxylic acids is 2. The van der Waals surface area contributed by atoms with Crippen molar-refractivity contribution in [3.63, 3.8) is 0 Å². The zero-order valence-electron chi connectivity index (χ0n) is 12.3. The molecular weight excluding hydrogens is 288 g/mol. The molecule has 2 amide bonds. The standard InChI is InChI=1S/C16H21ClN2O2/c1-12(20)19(15-8-3-2-4-9-15)11-16(21)18-14-7-5-6-13(17)10-14/h5-7,10,15H,2-4,8-9,11H2,1H3,(H,18,21). The van der Waals surface area contributed by atoms with Crippen LogP contribution in [0.15, 0.2) is 24.3 Å². The van der Waals surface area contributed by atoms with Crippen LogP contribution < -0.4 is 5.32 Å². The van der Waals surface area contributed by atoms with E-state index in [0.717, 1.165) is 25.7 Å². The maximum absolute atomic E-state index is 12.1. The molecule has 0 aromatic heterocycles. The Balaban J connectivity index is 1.96. The van der Waals surface area contributed by atoms with Crippen LogP contribution in [-0.2, 0) is 9.59 Å². The van der Waals surface area contributed by atoms with E-state index in [1.54, 1.807) is 29.2 Å². The van der Waals surface area contributed by atoms with E-state index in [-0.39, 0.29) is 24.4 Å². The third-order valence-electron chi connectivity index (χ3n) is 3.84. The maximum atomic E-state index is 12.1. The van der Waals surface area contributed by atoms with Crippen LogP contribution in [0.5, 0.6) is 0 Å². The van der Waals surface area contributed by atoms with Gasteiger partial charge in [-0.3, -0.25) is 9.59 Å². The Morgan fingerprint density at radius 3 is 2.62 bits per heavy atom. The Hall–Kier alpha value is -1.55. The number of amides is 2. The second-order valence-electron chi connectivity index (χ2n) is 5.50. The van der Waals surface area contributed by atoms with Crippen LogP contribution in [0.1, 0.15) is 39.0 Å². The Labute approximate surface area is 130 Å². The minimum Gasteiger partial charge on any atom is -0.331 e. The zero-order valence-corrected chi connectivity index (χ0v) is 13.0. The van der Waals surface area contributed by atoms with Crippen LogP contribution in [0.25, 0.3) is 0 Å². The van der Waals surface area contributed by atoms with E-state index in [1.165, 1.54) is 13.3 Å². The highest BCUT2D eigenvalue weighted by Gasteiger charge is 2.25. The number of hydrogen-bond donors (Lipinski definition) is 1. The number of hydrogen-bond acceptors (Lipinski definition) is 2. The van der Waals surface area contributed by atoms with Gasteiger partial charge in [0, 0.05) is 23.7 Å². The van der Waals surface area contributed by atoms with E-state index >= 15 is 0 Å². The van der Waals surface area contributed by atoms with E-state index in [0.29, 0.717) is 10.7 Å². The minimum absolute atomic E-state index is 0.0388. The van der Waals surface area contributed by atoms with Gasteiger partial charge in [0.25, 0.3) is 0 Å². The molecule has 1 aromatic rings. The molecule has 1 saturated carbocycles. The van der Waals surface area contributed by atoms with Crippen molar-refractivity contribution in [2.24, 2.45) is 0 Å². The number of halogens is 1. The van der Waals surface area contributed by atoms with Gasteiger partial charge in [-0.05, 0) is 31.0 Å². The lowest BCUT2D eigenvalue weighted by Crippen LogP contribution is -2.44. The number of rotatable bonds is 4. The molecule has 0 radical (unpaired) electrons. The fraction of sp³-hybridized carbons (Fsp3) is 0.500. The largest absolute Gasteiger partial charge is 0.331 e. The van der Waals surface area contributed by atoms with Crippen LogP contribution in [0.3, 0.4) is 0 Å². The lowest BCUT2D eigenvalue weighted by Gasteiger charge is -2.33. The Morgan fingerprint density at radius 2 is 2.00 bits per heavy atom. The van der Waals surface area contributed by atoms with Crippen LogP contribution in [-0.4, -0.2) is 29.3 Å². The number of anilines is 1. The summed E-state index contributed by atoms with van der Waals surface area (Å²) in [5, 5.41) is 3.36. The smallest absolute Gasteiger partial charge is 0.244 e. The summed E-state index contributed by atoms with van der Waals surface area (Å²) in [6.45, 7) is 1.63. The van der Waals surface area contributed by atoms with E-state index in [2.05, 4.69) is 5.32 Å². The SMILES string of the molecule is CC(=O)N(CC(=O)Nc1cccc(Cl)c1)C1CCCCC1. The quantitative estimate of drug-likeness (QED) is 0.926. The van der Waals surface area contributed by atoms with Gasteiger partial charge >= 0.3 is 0 Å². The molecule has 0 bridgehead atoms. The number of nitrogens with zero attached hydrogens (tertiary/aromatic N) is 1. The summed E-state index contributed by atoms with van der Waals surface area (Å²) in [6, 6.07) is 7.20. The molecule has 1 fully saturated rings. The molecule has 0 saturated heterocycles. The summed E-state index contributed by atoms with van der Waals surface area (Å²) in [4.78, 5) is 25.6. The van der Waals surface area contributed by atoms with Gasteiger partial charge in [-0.25, -0.2) is 0 Å². The topological polar surface area (TPSA) is 49.4 Å². The monoisotopic (exact) mass is 308 g/mol. The van der Waals surface area contributed by atoms with Gasteiger partial charge in [0.15, 0.2) is 0 Å². The summed E-state index contributed by atoms with van der Waals surface area (Å²) < 4.78 is 0. The first-order chi connectivity index (χ1) is 10.1. The minimum atomic E-state index is -0.182. The van der Waals surface area contributed by atoms with Crippen molar-refractivity contribution < 1.29 is 9.59 Å². The fourth-order valence-electron chi connectivity index (χ4n) is 2.81. The average molecular weight is 309 g/mol. The third-order valence-corrected chi connectivity index (χ3v) is 4.08. The molecule has 114 valence electrons. The van der Waals surface area contributed by atoms with Crippen molar-refractivity contribution in [2.45, 2.75) is 45.1 Å².